The van der Waals surface area contributed by atoms with E-state index < -0.39 is 0 Å². The van der Waals surface area contributed by atoms with Crippen LogP contribution in [0.4, 0.5) is 0 Å². The minimum atomic E-state index is -0.250. The molecule has 174 valence electrons. The number of ether oxygens (including phenoxy) is 1. The van der Waals surface area contributed by atoms with E-state index in [1.165, 1.54) is 6.42 Å². The molecule has 0 aliphatic heterocycles. The Hall–Kier alpha value is -3.43. The first-order valence-corrected chi connectivity index (χ1v) is 11.2. The topological polar surface area (TPSA) is 128 Å². The van der Waals surface area contributed by atoms with Crippen molar-refractivity contribution in [3.8, 4) is 22.9 Å². The van der Waals surface area contributed by atoms with Crippen molar-refractivity contribution in [2.24, 2.45) is 11.8 Å². The molecule has 33 heavy (non-hydrogen) atoms. The van der Waals surface area contributed by atoms with Gasteiger partial charge in [-0.05, 0) is 80.7 Å². The van der Waals surface area contributed by atoms with Crippen molar-refractivity contribution in [2.75, 3.05) is 7.11 Å². The summed E-state index contributed by atoms with van der Waals surface area (Å²) in [6.07, 6.45) is 10.9. The Morgan fingerprint density at radius 1 is 1.18 bits per heavy atom. The highest BCUT2D eigenvalue weighted by molar-refractivity contribution is 5.61. The highest BCUT2D eigenvalue weighted by atomic mass is 16.5. The Balaban J connectivity index is 0.000000724. The first-order valence-electron chi connectivity index (χ1n) is 11.2. The number of phenols is 1. The molecule has 0 spiro atoms. The van der Waals surface area contributed by atoms with Gasteiger partial charge in [0.05, 0.1) is 12.6 Å². The normalized spacial score (nSPS) is 29.4. The number of aromatic hydroxyl groups is 1. The van der Waals surface area contributed by atoms with Gasteiger partial charge in [0.15, 0.2) is 17.3 Å². The number of rotatable bonds is 4. The second-order valence-corrected chi connectivity index (χ2v) is 9.65. The lowest BCUT2D eigenvalue weighted by atomic mass is 9.50. The van der Waals surface area contributed by atoms with Crippen molar-refractivity contribution in [2.45, 2.75) is 56.5 Å². The third-order valence-corrected chi connectivity index (χ3v) is 7.53. The molecule has 3 aromatic rings. The van der Waals surface area contributed by atoms with Crippen LogP contribution in [0.5, 0.6) is 11.5 Å². The lowest BCUT2D eigenvalue weighted by Crippen LogP contribution is -2.60. The molecule has 10 heteroatoms. The highest BCUT2D eigenvalue weighted by Gasteiger charge is 2.60. The summed E-state index contributed by atoms with van der Waals surface area (Å²) in [6.45, 7) is 1.66. The number of hydrogen-bond acceptors (Lipinski definition) is 7. The Labute approximate surface area is 191 Å². The van der Waals surface area contributed by atoms with Crippen LogP contribution in [-0.2, 0) is 15.9 Å². The Bertz CT molecular complexity index is 1160. The van der Waals surface area contributed by atoms with E-state index in [4.69, 9.17) is 19.6 Å². The molecule has 0 amide bonds. The van der Waals surface area contributed by atoms with Crippen LogP contribution in [0.25, 0.3) is 11.4 Å². The first kappa shape index (κ1) is 21.4. The van der Waals surface area contributed by atoms with Crippen LogP contribution in [0.3, 0.4) is 0 Å². The fourth-order valence-electron chi connectivity index (χ4n) is 6.90. The minimum absolute atomic E-state index is 0.00695. The van der Waals surface area contributed by atoms with Gasteiger partial charge in [0.2, 0.25) is 0 Å². The van der Waals surface area contributed by atoms with Gasteiger partial charge in [-0.15, -0.1) is 10.2 Å². The van der Waals surface area contributed by atoms with Crippen molar-refractivity contribution in [3.05, 3.63) is 36.4 Å². The molecule has 2 atom stereocenters. The Kier molecular flexibility index (Phi) is 5.10. The molecule has 4 aliphatic carbocycles. The standard InChI is InChI=1S/C22H26N6O2.CH2O2/c1-14-24-26-28(25-14)22-11-15-7-16(12-22)10-21(9-15,13-22)27-6-5-23-20(27)17-3-4-19(30-2)18(29)8-17;2-1-3/h3-6,8,15-16,29H,7,9-13H2,1-2H3;1H,(H,2,3). The number of methoxy groups -OCH3 is 1. The number of aromatic nitrogens is 6. The molecule has 4 bridgehead atoms. The molecule has 2 aromatic heterocycles. The number of carbonyl (C=O) groups is 1. The van der Waals surface area contributed by atoms with Crippen molar-refractivity contribution in [3.63, 3.8) is 0 Å². The number of hydrogen-bond donors (Lipinski definition) is 2. The first-order chi connectivity index (χ1) is 15.9. The number of phenolic OH excluding ortho intramolecular Hbond substituents is 1. The van der Waals surface area contributed by atoms with E-state index in [0.717, 1.165) is 49.3 Å². The average molecular weight is 453 g/mol. The maximum atomic E-state index is 10.3. The van der Waals surface area contributed by atoms with Crippen molar-refractivity contribution in [1.29, 1.82) is 0 Å². The Morgan fingerprint density at radius 3 is 2.48 bits per heavy atom. The quantitative estimate of drug-likeness (QED) is 0.578. The third-order valence-electron chi connectivity index (χ3n) is 7.53. The molecule has 4 saturated carbocycles. The number of imidazole rings is 1. The molecule has 4 aliphatic rings. The summed E-state index contributed by atoms with van der Waals surface area (Å²) >= 11 is 0. The Morgan fingerprint density at radius 2 is 1.88 bits per heavy atom. The summed E-state index contributed by atoms with van der Waals surface area (Å²) in [5.74, 6) is 3.56. The van der Waals surface area contributed by atoms with E-state index in [9.17, 15) is 5.11 Å². The predicted molar refractivity (Wildman–Crippen MR) is 118 cm³/mol. The maximum absolute atomic E-state index is 10.3. The zero-order valence-corrected chi connectivity index (χ0v) is 18.8. The van der Waals surface area contributed by atoms with Gasteiger partial charge in [-0.1, -0.05) is 0 Å². The summed E-state index contributed by atoms with van der Waals surface area (Å²) in [6, 6.07) is 5.51. The van der Waals surface area contributed by atoms with Gasteiger partial charge in [-0.3, -0.25) is 4.79 Å². The van der Waals surface area contributed by atoms with Gasteiger partial charge < -0.3 is 19.5 Å². The van der Waals surface area contributed by atoms with E-state index in [1.54, 1.807) is 19.2 Å². The largest absolute Gasteiger partial charge is 0.504 e. The van der Waals surface area contributed by atoms with Crippen molar-refractivity contribution in [1.82, 2.24) is 29.8 Å². The van der Waals surface area contributed by atoms with Crippen LogP contribution in [0, 0.1) is 18.8 Å². The summed E-state index contributed by atoms with van der Waals surface area (Å²) in [4.78, 5) is 15.0. The monoisotopic (exact) mass is 452 g/mol. The molecule has 2 heterocycles. The van der Waals surface area contributed by atoms with Gasteiger partial charge in [0.25, 0.3) is 6.47 Å². The van der Waals surface area contributed by atoms with Gasteiger partial charge in [-0.25, -0.2) is 4.98 Å². The van der Waals surface area contributed by atoms with Crippen LogP contribution >= 0.6 is 0 Å². The summed E-state index contributed by atoms with van der Waals surface area (Å²) in [5, 5.41) is 30.5. The van der Waals surface area contributed by atoms with E-state index in [0.29, 0.717) is 17.6 Å². The number of tetrazole rings is 1. The van der Waals surface area contributed by atoms with E-state index in [-0.39, 0.29) is 23.3 Å². The lowest BCUT2D eigenvalue weighted by Gasteiger charge is -2.61. The summed E-state index contributed by atoms with van der Waals surface area (Å²) in [5.41, 5.74) is 0.833. The van der Waals surface area contributed by atoms with Crippen molar-refractivity contribution >= 4 is 6.47 Å². The van der Waals surface area contributed by atoms with Crippen LogP contribution in [0.2, 0.25) is 0 Å². The van der Waals surface area contributed by atoms with Crippen LogP contribution in [0.1, 0.15) is 44.3 Å². The van der Waals surface area contributed by atoms with Gasteiger partial charge in [0.1, 0.15) is 5.82 Å². The fourth-order valence-corrected chi connectivity index (χ4v) is 6.90. The SMILES string of the molecule is COc1ccc(-c2nccn2C23CC4CC(CC(n5nnc(C)n5)(C4)C2)C3)cc1O.O=CO. The van der Waals surface area contributed by atoms with Crippen LogP contribution < -0.4 is 4.74 Å². The molecule has 2 unspecified atom stereocenters. The predicted octanol–water partition coefficient (Wildman–Crippen LogP) is 2.96. The molecule has 7 rings (SSSR count). The molecule has 1 aromatic carbocycles. The number of aryl methyl sites for hydroxylation is 1. The third kappa shape index (κ3) is 3.44. The number of carboxylic acid groups (broad SMARTS) is 1. The molecule has 10 nitrogen and oxygen atoms in total. The fraction of sp³-hybridized carbons (Fsp3) is 0.522. The van der Waals surface area contributed by atoms with Gasteiger partial charge in [-0.2, -0.15) is 4.80 Å². The summed E-state index contributed by atoms with van der Waals surface area (Å²) < 4.78 is 7.58. The van der Waals surface area contributed by atoms with Crippen LogP contribution in [-0.4, -0.2) is 53.6 Å². The second-order valence-electron chi connectivity index (χ2n) is 9.65. The maximum Gasteiger partial charge on any atom is 0.290 e. The highest BCUT2D eigenvalue weighted by Crippen LogP contribution is 2.63. The zero-order chi connectivity index (χ0) is 23.2. The van der Waals surface area contributed by atoms with Gasteiger partial charge >= 0.3 is 0 Å². The number of nitrogens with zero attached hydrogens (tertiary/aromatic N) is 6. The summed E-state index contributed by atoms with van der Waals surface area (Å²) in [7, 11) is 1.56. The molecule has 0 saturated heterocycles. The van der Waals surface area contributed by atoms with E-state index in [2.05, 4.69) is 26.2 Å². The van der Waals surface area contributed by atoms with Crippen molar-refractivity contribution < 1.29 is 19.7 Å². The smallest absolute Gasteiger partial charge is 0.290 e. The molecule has 2 N–H and O–H groups in total. The lowest BCUT2D eigenvalue weighted by molar-refractivity contribution is -0.122. The molecule has 0 radical (unpaired) electrons. The van der Waals surface area contributed by atoms with E-state index >= 15 is 0 Å². The van der Waals surface area contributed by atoms with Gasteiger partial charge in [0, 0.05) is 23.5 Å². The minimum Gasteiger partial charge on any atom is -0.504 e. The molecular formula is C23H28N6O4. The zero-order valence-electron chi connectivity index (χ0n) is 18.8. The molecule has 4 fully saturated rings. The van der Waals surface area contributed by atoms with Crippen LogP contribution in [0.15, 0.2) is 30.6 Å². The number of benzene rings is 1. The second kappa shape index (κ2) is 7.86. The van der Waals surface area contributed by atoms with E-state index in [1.807, 2.05) is 24.0 Å². The molecular weight excluding hydrogens is 424 g/mol. The average Bonchev–Trinajstić information content (AvgIpc) is 3.43.